The van der Waals surface area contributed by atoms with E-state index in [2.05, 4.69) is 15.6 Å². The average molecular weight is 539 g/mol. The van der Waals surface area contributed by atoms with Gasteiger partial charge < -0.3 is 20.5 Å². The molecule has 0 bridgehead atoms. The number of hydrogen-bond donors (Lipinski definition) is 3. The number of ether oxygens (including phenoxy) is 1. The van der Waals surface area contributed by atoms with E-state index in [9.17, 15) is 23.1 Å². The summed E-state index contributed by atoms with van der Waals surface area (Å²) in [5, 5.41) is 16.5. The Kier molecular flexibility index (Phi) is 9.93. The lowest BCUT2D eigenvalue weighted by molar-refractivity contribution is -0.125. The normalized spacial score (nSPS) is 25.1. The molecule has 0 spiro atoms. The lowest BCUT2D eigenvalue weighted by atomic mass is 9.84. The predicted molar refractivity (Wildman–Crippen MR) is 139 cm³/mol. The first-order valence-corrected chi connectivity index (χ1v) is 14.7. The quantitative estimate of drug-likeness (QED) is 0.485. The molecule has 2 fully saturated rings. The molecule has 2 amide bonds. The number of rotatable bonds is 7. The van der Waals surface area contributed by atoms with E-state index in [1.54, 1.807) is 39.8 Å². The number of carbonyl (C=O) groups is 2. The van der Waals surface area contributed by atoms with Crippen LogP contribution in [-0.4, -0.2) is 71.2 Å². The van der Waals surface area contributed by atoms with Crippen LogP contribution in [0.4, 0.5) is 4.79 Å². The number of alkyl carbamates (subject to hydrolysis) is 1. The number of β-amino-alcohol motifs (C(OH)–C–C–N with tert-alkyl or cyclic N) is 1. The van der Waals surface area contributed by atoms with Crippen molar-refractivity contribution in [2.24, 2.45) is 5.92 Å². The Balaban J connectivity index is 1.71. The van der Waals surface area contributed by atoms with Gasteiger partial charge in [0.05, 0.1) is 12.1 Å². The van der Waals surface area contributed by atoms with E-state index >= 15 is 0 Å². The van der Waals surface area contributed by atoms with Crippen molar-refractivity contribution in [1.29, 1.82) is 0 Å². The van der Waals surface area contributed by atoms with Gasteiger partial charge in [-0.3, -0.25) is 4.79 Å². The largest absolute Gasteiger partial charge is 0.444 e. The molecule has 11 heteroatoms. The third-order valence-corrected chi connectivity index (χ3v) is 8.95. The highest BCUT2D eigenvalue weighted by Gasteiger charge is 2.38. The fourth-order valence-electron chi connectivity index (χ4n) is 5.09. The summed E-state index contributed by atoms with van der Waals surface area (Å²) in [4.78, 5) is 29.9. The Bertz CT molecular complexity index is 1010. The van der Waals surface area contributed by atoms with E-state index < -0.39 is 45.8 Å². The maximum Gasteiger partial charge on any atom is 0.408 e. The van der Waals surface area contributed by atoms with Crippen LogP contribution >= 0.6 is 0 Å². The number of aliphatic hydroxyl groups excluding tert-OH is 1. The van der Waals surface area contributed by atoms with Crippen LogP contribution in [0.5, 0.6) is 0 Å². The summed E-state index contributed by atoms with van der Waals surface area (Å²) in [6.45, 7) is 6.90. The Hall–Kier alpha value is -2.24. The van der Waals surface area contributed by atoms with Crippen LogP contribution in [-0.2, 0) is 19.6 Å². The molecular weight excluding hydrogens is 496 g/mol. The number of nitrogens with one attached hydrogen (secondary N) is 2. The molecule has 3 rings (SSSR count). The smallest absolute Gasteiger partial charge is 0.408 e. The van der Waals surface area contributed by atoms with Crippen molar-refractivity contribution >= 4 is 22.0 Å². The highest BCUT2D eigenvalue weighted by atomic mass is 32.2. The maximum absolute atomic E-state index is 13.4. The standard InChI is InChI=1S/C26H42N4O6S/c1-18-13-14-20(22(31)17-30(18)37(34,35)23-12-8-9-15-27-23)28-24(32)21(16-19-10-6-5-7-11-19)29-25(33)36-26(2,3)4/h8-9,12,15,18-22,31H,5-7,10-11,13-14,16-17H2,1-4H3,(H,28,32)(H,29,33)/t18-,20+,21+,22-/m1/s1. The van der Waals surface area contributed by atoms with E-state index in [1.165, 1.54) is 23.0 Å². The number of carbonyl (C=O) groups excluding carboxylic acids is 2. The molecule has 1 aliphatic carbocycles. The van der Waals surface area contributed by atoms with E-state index in [4.69, 9.17) is 4.74 Å². The van der Waals surface area contributed by atoms with Gasteiger partial charge in [-0.25, -0.2) is 18.2 Å². The summed E-state index contributed by atoms with van der Waals surface area (Å²) in [7, 11) is -3.91. The van der Waals surface area contributed by atoms with E-state index in [-0.39, 0.29) is 17.6 Å². The zero-order valence-corrected chi connectivity index (χ0v) is 23.2. The topological polar surface area (TPSA) is 138 Å². The van der Waals surface area contributed by atoms with Crippen molar-refractivity contribution in [1.82, 2.24) is 19.9 Å². The number of aliphatic hydroxyl groups is 1. The molecule has 10 nitrogen and oxygen atoms in total. The molecule has 1 aliphatic heterocycles. The van der Waals surface area contributed by atoms with Gasteiger partial charge in [0, 0.05) is 18.8 Å². The number of nitrogens with zero attached hydrogens (tertiary/aromatic N) is 2. The lowest BCUT2D eigenvalue weighted by Gasteiger charge is -2.30. The van der Waals surface area contributed by atoms with Gasteiger partial charge in [-0.1, -0.05) is 38.2 Å². The lowest BCUT2D eigenvalue weighted by Crippen LogP contribution is -2.54. The molecule has 1 aromatic heterocycles. The van der Waals surface area contributed by atoms with Gasteiger partial charge in [-0.05, 0) is 65.0 Å². The van der Waals surface area contributed by atoms with E-state index in [0.717, 1.165) is 25.7 Å². The second kappa shape index (κ2) is 12.5. The first kappa shape index (κ1) is 29.3. The van der Waals surface area contributed by atoms with Crippen molar-refractivity contribution < 1.29 is 27.9 Å². The number of pyridine rings is 1. The van der Waals surface area contributed by atoms with Crippen LogP contribution in [0.15, 0.2) is 29.4 Å². The van der Waals surface area contributed by atoms with Crippen molar-refractivity contribution in [2.45, 2.75) is 114 Å². The molecule has 1 saturated carbocycles. The molecule has 0 aromatic carbocycles. The van der Waals surface area contributed by atoms with Gasteiger partial charge in [-0.15, -0.1) is 0 Å². The minimum absolute atomic E-state index is 0.0781. The van der Waals surface area contributed by atoms with Gasteiger partial charge in [0.15, 0.2) is 5.03 Å². The van der Waals surface area contributed by atoms with Gasteiger partial charge in [0.1, 0.15) is 11.6 Å². The molecule has 0 radical (unpaired) electrons. The molecule has 0 unspecified atom stereocenters. The second-order valence-electron chi connectivity index (χ2n) is 11.3. The SMILES string of the molecule is C[C@@H]1CC[C@H](NC(=O)[C@H](CC2CCCCC2)NC(=O)OC(C)(C)C)[C@H](O)CN1S(=O)(=O)c1ccccn1. The summed E-state index contributed by atoms with van der Waals surface area (Å²) in [6.07, 6.45) is 6.35. The van der Waals surface area contributed by atoms with Gasteiger partial charge in [0.25, 0.3) is 10.0 Å². The highest BCUT2D eigenvalue weighted by molar-refractivity contribution is 7.89. The van der Waals surface area contributed by atoms with Crippen LogP contribution in [0.3, 0.4) is 0 Å². The molecule has 208 valence electrons. The highest BCUT2D eigenvalue weighted by Crippen LogP contribution is 2.28. The number of amides is 2. The Morgan fingerprint density at radius 2 is 1.86 bits per heavy atom. The monoisotopic (exact) mass is 538 g/mol. The fraction of sp³-hybridized carbons (Fsp3) is 0.731. The van der Waals surface area contributed by atoms with E-state index in [1.807, 2.05) is 0 Å². The van der Waals surface area contributed by atoms with Crippen LogP contribution in [0, 0.1) is 5.92 Å². The molecule has 4 atom stereocenters. The van der Waals surface area contributed by atoms with Crippen LogP contribution in [0.1, 0.15) is 79.1 Å². The second-order valence-corrected chi connectivity index (χ2v) is 13.1. The Morgan fingerprint density at radius 3 is 2.49 bits per heavy atom. The van der Waals surface area contributed by atoms with Gasteiger partial charge in [-0.2, -0.15) is 4.31 Å². The summed E-state index contributed by atoms with van der Waals surface area (Å²) in [5.41, 5.74) is -0.702. The molecule has 1 aromatic rings. The van der Waals surface area contributed by atoms with Gasteiger partial charge >= 0.3 is 6.09 Å². The minimum Gasteiger partial charge on any atom is -0.444 e. The number of sulfonamides is 1. The minimum atomic E-state index is -3.91. The first-order chi connectivity index (χ1) is 17.4. The third-order valence-electron chi connectivity index (χ3n) is 7.06. The molecule has 2 heterocycles. The zero-order valence-electron chi connectivity index (χ0n) is 22.4. The molecule has 1 saturated heterocycles. The van der Waals surface area contributed by atoms with Crippen molar-refractivity contribution in [3.05, 3.63) is 24.4 Å². The molecule has 37 heavy (non-hydrogen) atoms. The zero-order chi connectivity index (χ0) is 27.2. The molecular formula is C26H42N4O6S. The van der Waals surface area contributed by atoms with Crippen molar-refractivity contribution in [3.63, 3.8) is 0 Å². The molecule has 2 aliphatic rings. The predicted octanol–water partition coefficient (Wildman–Crippen LogP) is 2.96. The fourth-order valence-corrected chi connectivity index (χ4v) is 6.71. The third kappa shape index (κ3) is 8.38. The number of hydrogen-bond acceptors (Lipinski definition) is 7. The van der Waals surface area contributed by atoms with Gasteiger partial charge in [0.2, 0.25) is 5.91 Å². The average Bonchev–Trinajstić information content (AvgIpc) is 2.97. The number of aromatic nitrogens is 1. The summed E-state index contributed by atoms with van der Waals surface area (Å²) >= 11 is 0. The Morgan fingerprint density at radius 1 is 1.16 bits per heavy atom. The molecule has 3 N–H and O–H groups in total. The maximum atomic E-state index is 13.4. The summed E-state index contributed by atoms with van der Waals surface area (Å²) in [5.74, 6) is -0.0771. The van der Waals surface area contributed by atoms with Crippen LogP contribution in [0.2, 0.25) is 0 Å². The van der Waals surface area contributed by atoms with Crippen LogP contribution < -0.4 is 10.6 Å². The summed E-state index contributed by atoms with van der Waals surface area (Å²) in [6, 6.07) is 2.82. The van der Waals surface area contributed by atoms with Crippen molar-refractivity contribution in [2.75, 3.05) is 6.54 Å². The van der Waals surface area contributed by atoms with Crippen LogP contribution in [0.25, 0.3) is 0 Å². The van der Waals surface area contributed by atoms with Crippen molar-refractivity contribution in [3.8, 4) is 0 Å². The Labute approximate surface area is 220 Å². The summed E-state index contributed by atoms with van der Waals surface area (Å²) < 4.78 is 33.0. The first-order valence-electron chi connectivity index (χ1n) is 13.3. The van der Waals surface area contributed by atoms with E-state index in [0.29, 0.717) is 25.2 Å².